The predicted molar refractivity (Wildman–Crippen MR) is 369 cm³/mol. The zero-order valence-electron chi connectivity index (χ0n) is 61.7. The molecule has 7 rings (SSSR count). The Balaban J connectivity index is 1.30. The van der Waals surface area contributed by atoms with Crippen molar-refractivity contribution in [1.82, 2.24) is 60.0 Å². The van der Waals surface area contributed by atoms with Crippen molar-refractivity contribution in [3.8, 4) is 0 Å². The number of alkyl halides is 3. The van der Waals surface area contributed by atoms with Gasteiger partial charge in [-0.2, -0.15) is 13.2 Å². The van der Waals surface area contributed by atoms with E-state index >= 15 is 28.4 Å². The number of likely N-dealkylation sites (N-methyl/N-ethyl adjacent to an activating group) is 6. The third-order valence-electron chi connectivity index (χ3n) is 21.6. The minimum atomic E-state index is -5.02. The predicted octanol–water partition coefficient (Wildman–Crippen LogP) is 4.33. The maximum absolute atomic E-state index is 15.5. The van der Waals surface area contributed by atoms with Gasteiger partial charge in [-0.15, -0.1) is 0 Å². The van der Waals surface area contributed by atoms with E-state index in [0.29, 0.717) is 43.4 Å². The van der Waals surface area contributed by atoms with Gasteiger partial charge in [0.05, 0.1) is 31.7 Å². The lowest BCUT2D eigenvalue weighted by atomic mass is 9.90. The number of rotatable bonds is 12. The van der Waals surface area contributed by atoms with E-state index in [1.54, 1.807) is 26.0 Å². The van der Waals surface area contributed by atoms with Gasteiger partial charge in [-0.1, -0.05) is 103 Å². The maximum Gasteiger partial charge on any atom is 0.419 e. The summed E-state index contributed by atoms with van der Waals surface area (Å²) >= 11 is 0. The molecule has 2 aromatic carbocycles. The highest BCUT2D eigenvalue weighted by Crippen LogP contribution is 2.36. The minimum Gasteiger partial charge on any atom is -0.378 e. The van der Waals surface area contributed by atoms with Crippen molar-refractivity contribution in [1.29, 1.82) is 0 Å². The summed E-state index contributed by atoms with van der Waals surface area (Å²) in [7, 11) is 8.33. The van der Waals surface area contributed by atoms with Crippen LogP contribution in [-0.4, -0.2) is 263 Å². The third kappa shape index (κ3) is 18.8. The molecule has 5 aliphatic rings. The lowest BCUT2D eigenvalue weighted by Gasteiger charge is -2.45. The first-order chi connectivity index (χ1) is 48.0. The van der Waals surface area contributed by atoms with Gasteiger partial charge in [0.2, 0.25) is 70.9 Å². The monoisotopic (exact) mass is 1430 g/mol. The highest BCUT2D eigenvalue weighted by molar-refractivity contribution is 6.01. The number of amides is 12. The molecule has 29 heteroatoms. The average Bonchev–Trinajstić information content (AvgIpc) is 1.39. The zero-order valence-corrected chi connectivity index (χ0v) is 61.7. The summed E-state index contributed by atoms with van der Waals surface area (Å²) in [5, 5.41) is 8.60. The number of morpholine rings is 1. The van der Waals surface area contributed by atoms with Crippen molar-refractivity contribution in [2.24, 2.45) is 17.8 Å². The van der Waals surface area contributed by atoms with E-state index in [9.17, 15) is 46.7 Å². The number of ether oxygens (including phenoxy) is 1. The summed E-state index contributed by atoms with van der Waals surface area (Å²) in [6.45, 7) is 14.1. The molecule has 25 nitrogen and oxygen atoms in total. The van der Waals surface area contributed by atoms with E-state index in [-0.39, 0.29) is 109 Å². The maximum atomic E-state index is 15.5. The van der Waals surface area contributed by atoms with E-state index in [4.69, 9.17) is 4.74 Å². The van der Waals surface area contributed by atoms with Crippen molar-refractivity contribution >= 4 is 70.9 Å². The van der Waals surface area contributed by atoms with E-state index in [0.717, 1.165) is 21.4 Å². The van der Waals surface area contributed by atoms with Crippen molar-refractivity contribution in [3.05, 3.63) is 70.5 Å². The summed E-state index contributed by atoms with van der Waals surface area (Å²) < 4.78 is 61.9. The highest BCUT2D eigenvalue weighted by Gasteiger charge is 2.52. The van der Waals surface area contributed by atoms with Gasteiger partial charge in [-0.3, -0.25) is 57.5 Å². The lowest BCUT2D eigenvalue weighted by Crippen LogP contribution is -2.65. The van der Waals surface area contributed by atoms with Crippen LogP contribution < -0.4 is 16.0 Å². The van der Waals surface area contributed by atoms with Gasteiger partial charge in [-0.25, -0.2) is 4.39 Å². The second-order valence-electron chi connectivity index (χ2n) is 29.1. The molecule has 1 saturated carbocycles. The number of carbonyl (C=O) groups excluding carboxylic acids is 12. The molecule has 12 amide bonds. The molecule has 4 aliphatic heterocycles. The van der Waals surface area contributed by atoms with Crippen LogP contribution in [0.1, 0.15) is 148 Å². The minimum absolute atomic E-state index is 0.0277. The topological polar surface area (TPSA) is 279 Å². The molecule has 2 aromatic rings. The molecule has 1 spiro atoms. The molecular formula is C73H106F4N12O13. The number of benzene rings is 2. The summed E-state index contributed by atoms with van der Waals surface area (Å²) in [5.74, 6) is -11.3. The molecule has 0 radical (unpaired) electrons. The van der Waals surface area contributed by atoms with E-state index in [1.807, 2.05) is 46.8 Å². The molecule has 0 aromatic heterocycles. The Hall–Kier alpha value is -8.24. The number of aryl methyl sites for hydroxylation is 2. The molecule has 11 atom stereocenters. The Morgan fingerprint density at radius 3 is 1.84 bits per heavy atom. The number of nitrogens with one attached hydrogen (secondary N) is 3. The first-order valence-electron chi connectivity index (χ1n) is 35.9. The molecule has 102 heavy (non-hydrogen) atoms. The van der Waals surface area contributed by atoms with Crippen LogP contribution in [0.3, 0.4) is 0 Å². The SMILES string of the molecule is CC[C@H](C)[C@@H]1NC(=O)[C@H](CC(C)C)N(C)C(=O)C[C@@H](C(=O)N2CCOCC2)N(C)C(=O)[C@H]([C@@H](C)CC)N(C)C(=O)C2(CCCC2)NC(=O)[C@@H]2CCCN2C(=O)[C@H](CCc2ccc(C(F)(F)F)c(F)c2)NC(=O)CN(C)C(=O)[C@H](Cc2ccc(C)cc2)N(C)C(=O)[C@@H]2CCN2C(=O)[C@H](C)N(C)C1=O. The largest absolute Gasteiger partial charge is 0.419 e. The molecule has 4 heterocycles. The van der Waals surface area contributed by atoms with Crippen LogP contribution >= 0.6 is 0 Å². The first-order valence-corrected chi connectivity index (χ1v) is 35.9. The van der Waals surface area contributed by atoms with Gasteiger partial charge in [-0.05, 0) is 106 Å². The number of hydrogen-bond donors (Lipinski definition) is 3. The molecule has 3 N–H and O–H groups in total. The summed E-state index contributed by atoms with van der Waals surface area (Å²) in [5.41, 5.74) is -1.58. The van der Waals surface area contributed by atoms with Crippen LogP contribution in [-0.2, 0) is 81.3 Å². The molecule has 1 aliphatic carbocycles. The molecule has 0 unspecified atom stereocenters. The average molecular weight is 1440 g/mol. The Labute approximate surface area is 596 Å². The van der Waals surface area contributed by atoms with E-state index < -0.39 is 173 Å². The number of halogens is 4. The summed E-state index contributed by atoms with van der Waals surface area (Å²) in [6, 6.07) is -2.20. The van der Waals surface area contributed by atoms with Crippen molar-refractivity contribution in [2.45, 2.75) is 211 Å². The Morgan fingerprint density at radius 2 is 1.26 bits per heavy atom. The van der Waals surface area contributed by atoms with Gasteiger partial charge >= 0.3 is 6.18 Å². The second kappa shape index (κ2) is 34.8. The van der Waals surface area contributed by atoms with Gasteiger partial charge in [0, 0.05) is 74.9 Å². The Morgan fingerprint density at radius 1 is 0.647 bits per heavy atom. The fraction of sp³-hybridized carbons (Fsp3) is 0.671. The number of nitrogens with zero attached hydrogens (tertiary/aromatic N) is 9. The van der Waals surface area contributed by atoms with Crippen LogP contribution in [0.5, 0.6) is 0 Å². The van der Waals surface area contributed by atoms with Crippen molar-refractivity contribution in [3.63, 3.8) is 0 Å². The highest BCUT2D eigenvalue weighted by atomic mass is 19.4. The van der Waals surface area contributed by atoms with E-state index in [1.165, 1.54) is 83.5 Å². The Bertz CT molecular complexity index is 3400. The lowest BCUT2D eigenvalue weighted by molar-refractivity contribution is -0.160. The second-order valence-corrected chi connectivity index (χ2v) is 29.1. The third-order valence-corrected chi connectivity index (χ3v) is 21.6. The standard InChI is InChI=1S/C73H106F4N12O13/c1-15-45(6)60-69(99)82(10)47(8)64(94)89-33-29-54(89)67(97)84(12)56(40-49-23-21-44(5)22-24-49)66(96)81(9)42-58(90)78-52(28-26-48-25-27-50(51(74)39-48)73(75,76)77)65(95)88-32-19-20-53(88)63(93)80-72(30-17-18-31-72)71(101)86(14)61(46(7)16-2)70(100)85(13)57(68(98)87-34-36-102-37-35-87)41-59(91)83(11)55(38-43(3)4)62(92)79-60/h21-25,27,39,43,45-47,52-57,60-61H,15-20,26,28-38,40-42H2,1-14H3,(H,78,90)(H,79,92)(H,80,93)/t45-,46-,47-,52-,53-,54-,55-,56-,57-,60-,61-/m0/s1. The molecule has 0 bridgehead atoms. The molecule has 4 saturated heterocycles. The quantitative estimate of drug-likeness (QED) is 0.250. The molecular weight excluding hydrogens is 1330 g/mol. The van der Waals surface area contributed by atoms with Crippen molar-refractivity contribution in [2.75, 3.05) is 88.2 Å². The van der Waals surface area contributed by atoms with Gasteiger partial charge in [0.25, 0.3) is 0 Å². The van der Waals surface area contributed by atoms with Gasteiger partial charge < -0.3 is 64.8 Å². The zero-order chi connectivity index (χ0) is 75.6. The molecule has 564 valence electrons. The van der Waals surface area contributed by atoms with Crippen LogP contribution in [0.25, 0.3) is 0 Å². The number of fused-ring (bicyclic) bond motifs is 2. The van der Waals surface area contributed by atoms with Crippen LogP contribution in [0.15, 0.2) is 42.5 Å². The fourth-order valence-corrected chi connectivity index (χ4v) is 14.5. The smallest absolute Gasteiger partial charge is 0.378 e. The van der Waals surface area contributed by atoms with Gasteiger partial charge in [0.1, 0.15) is 65.7 Å². The van der Waals surface area contributed by atoms with Crippen LogP contribution in [0.4, 0.5) is 17.6 Å². The van der Waals surface area contributed by atoms with Crippen LogP contribution in [0.2, 0.25) is 0 Å². The van der Waals surface area contributed by atoms with E-state index in [2.05, 4.69) is 16.0 Å². The summed E-state index contributed by atoms with van der Waals surface area (Å²) in [6.07, 6.45) is -3.78. The summed E-state index contributed by atoms with van der Waals surface area (Å²) in [4.78, 5) is 191. The number of carbonyl (C=O) groups is 12. The normalized spacial score (nSPS) is 26.6. The first kappa shape index (κ1) is 81.1. The van der Waals surface area contributed by atoms with Gasteiger partial charge in [0.15, 0.2) is 0 Å². The molecule has 5 fully saturated rings. The number of hydrogen-bond acceptors (Lipinski definition) is 13. The fourth-order valence-electron chi connectivity index (χ4n) is 14.5. The van der Waals surface area contributed by atoms with Crippen LogP contribution in [0, 0.1) is 30.5 Å². The van der Waals surface area contributed by atoms with Crippen molar-refractivity contribution < 1.29 is 79.8 Å². The Kier molecular flexibility index (Phi) is 27.7.